The summed E-state index contributed by atoms with van der Waals surface area (Å²) in [4.78, 5) is 4.04. The van der Waals surface area contributed by atoms with Crippen molar-refractivity contribution in [1.82, 2.24) is 0 Å². The van der Waals surface area contributed by atoms with Crippen LogP contribution in [0.4, 0.5) is 0 Å². The minimum atomic E-state index is -0.320. The molecule has 0 amide bonds. The highest BCUT2D eigenvalue weighted by Gasteiger charge is 2.29. The van der Waals surface area contributed by atoms with E-state index in [2.05, 4.69) is 4.99 Å². The van der Waals surface area contributed by atoms with Crippen LogP contribution in [0, 0.1) is 17.2 Å². The summed E-state index contributed by atoms with van der Waals surface area (Å²) < 4.78 is 0. The van der Waals surface area contributed by atoms with Gasteiger partial charge in [0.15, 0.2) is 0 Å². The fourth-order valence-electron chi connectivity index (χ4n) is 1.29. The van der Waals surface area contributed by atoms with Crippen LogP contribution in [0.2, 0.25) is 0 Å². The second-order valence-corrected chi connectivity index (χ2v) is 3.22. The average molecular weight is 179 g/mol. The van der Waals surface area contributed by atoms with Crippen molar-refractivity contribution in [2.75, 3.05) is 0 Å². The van der Waals surface area contributed by atoms with Crippen LogP contribution < -0.4 is 5.73 Å². The fraction of sp³-hybridized carbons (Fsp3) is 0.556. The first-order valence-corrected chi connectivity index (χ1v) is 4.28. The van der Waals surface area contributed by atoms with Crippen molar-refractivity contribution in [3.63, 3.8) is 0 Å². The SMILES string of the molecule is CC[C@H](C)[C@H]1N=C(N)C(C#N)=C1O. The minimum absolute atomic E-state index is 0.0225. The summed E-state index contributed by atoms with van der Waals surface area (Å²) in [6.45, 7) is 3.98. The molecule has 3 N–H and O–H groups in total. The fourth-order valence-corrected chi connectivity index (χ4v) is 1.29. The number of hydrogen-bond acceptors (Lipinski definition) is 4. The summed E-state index contributed by atoms with van der Waals surface area (Å²) in [6.07, 6.45) is 0.893. The molecular formula is C9H13N3O. The van der Waals surface area contributed by atoms with E-state index in [0.29, 0.717) is 0 Å². The van der Waals surface area contributed by atoms with E-state index in [1.165, 1.54) is 0 Å². The molecule has 0 aromatic carbocycles. The number of nitriles is 1. The second kappa shape index (κ2) is 3.48. The van der Waals surface area contributed by atoms with E-state index in [1.807, 2.05) is 19.9 Å². The van der Waals surface area contributed by atoms with E-state index in [-0.39, 0.29) is 29.1 Å². The van der Waals surface area contributed by atoms with Crippen molar-refractivity contribution in [1.29, 1.82) is 5.26 Å². The normalized spacial score (nSPS) is 24.1. The Bertz CT molecular complexity index is 311. The highest BCUT2D eigenvalue weighted by atomic mass is 16.3. The van der Waals surface area contributed by atoms with Crippen LogP contribution in [0.25, 0.3) is 0 Å². The van der Waals surface area contributed by atoms with E-state index in [1.54, 1.807) is 0 Å². The lowest BCUT2D eigenvalue weighted by molar-refractivity contribution is 0.326. The Balaban J connectivity index is 2.97. The summed E-state index contributed by atoms with van der Waals surface area (Å²) in [7, 11) is 0. The molecule has 0 bridgehead atoms. The van der Waals surface area contributed by atoms with E-state index >= 15 is 0 Å². The van der Waals surface area contributed by atoms with Crippen LogP contribution in [0.3, 0.4) is 0 Å². The summed E-state index contributed by atoms with van der Waals surface area (Å²) >= 11 is 0. The van der Waals surface area contributed by atoms with Crippen molar-refractivity contribution >= 4 is 5.84 Å². The first-order chi connectivity index (χ1) is 6.11. The Kier molecular flexibility index (Phi) is 2.57. The third kappa shape index (κ3) is 1.50. The quantitative estimate of drug-likeness (QED) is 0.666. The average Bonchev–Trinajstić information content (AvgIpc) is 2.40. The van der Waals surface area contributed by atoms with Crippen LogP contribution in [-0.4, -0.2) is 17.0 Å². The number of rotatable bonds is 2. The molecule has 70 valence electrons. The number of nitrogens with zero attached hydrogens (tertiary/aromatic N) is 2. The maximum atomic E-state index is 9.58. The van der Waals surface area contributed by atoms with Gasteiger partial charge in [-0.3, -0.25) is 4.99 Å². The largest absolute Gasteiger partial charge is 0.508 e. The zero-order valence-corrected chi connectivity index (χ0v) is 7.78. The number of nitrogens with two attached hydrogens (primary N) is 1. The van der Waals surface area contributed by atoms with Gasteiger partial charge in [0.1, 0.15) is 29.3 Å². The highest BCUT2D eigenvalue weighted by Crippen LogP contribution is 2.25. The smallest absolute Gasteiger partial charge is 0.140 e. The molecular weight excluding hydrogens is 166 g/mol. The van der Waals surface area contributed by atoms with Gasteiger partial charge in [0.05, 0.1) is 0 Å². The minimum Gasteiger partial charge on any atom is -0.508 e. The molecule has 0 saturated heterocycles. The number of aliphatic hydroxyl groups is 1. The van der Waals surface area contributed by atoms with Crippen LogP contribution in [0.15, 0.2) is 16.3 Å². The molecule has 0 fully saturated rings. The molecule has 4 heteroatoms. The van der Waals surface area contributed by atoms with Crippen molar-refractivity contribution in [2.45, 2.75) is 26.3 Å². The van der Waals surface area contributed by atoms with Crippen molar-refractivity contribution in [2.24, 2.45) is 16.6 Å². The molecule has 0 unspecified atom stereocenters. The van der Waals surface area contributed by atoms with Crippen molar-refractivity contribution < 1.29 is 5.11 Å². The predicted molar refractivity (Wildman–Crippen MR) is 50.1 cm³/mol. The molecule has 0 radical (unpaired) electrons. The number of aliphatic hydroxyl groups excluding tert-OH is 1. The van der Waals surface area contributed by atoms with Crippen LogP contribution in [-0.2, 0) is 0 Å². The number of amidine groups is 1. The van der Waals surface area contributed by atoms with Gasteiger partial charge in [0, 0.05) is 0 Å². The molecule has 0 aliphatic carbocycles. The topological polar surface area (TPSA) is 82.4 Å². The van der Waals surface area contributed by atoms with Gasteiger partial charge in [-0.15, -0.1) is 0 Å². The Hall–Kier alpha value is -1.50. The zero-order valence-electron chi connectivity index (χ0n) is 7.78. The molecule has 0 spiro atoms. The van der Waals surface area contributed by atoms with Crippen LogP contribution in [0.5, 0.6) is 0 Å². The maximum Gasteiger partial charge on any atom is 0.140 e. The van der Waals surface area contributed by atoms with E-state index in [0.717, 1.165) is 6.42 Å². The van der Waals surface area contributed by atoms with Crippen LogP contribution in [0.1, 0.15) is 20.3 Å². The molecule has 1 heterocycles. The van der Waals surface area contributed by atoms with Gasteiger partial charge in [0.2, 0.25) is 0 Å². The Labute approximate surface area is 77.4 Å². The van der Waals surface area contributed by atoms with Gasteiger partial charge >= 0.3 is 0 Å². The molecule has 4 nitrogen and oxygen atoms in total. The van der Waals surface area contributed by atoms with Gasteiger partial charge < -0.3 is 10.8 Å². The molecule has 0 saturated carbocycles. The van der Waals surface area contributed by atoms with Gasteiger partial charge in [-0.05, 0) is 5.92 Å². The number of hydrogen-bond donors (Lipinski definition) is 2. The van der Waals surface area contributed by atoms with Gasteiger partial charge in [-0.25, -0.2) is 0 Å². The monoisotopic (exact) mass is 179 g/mol. The van der Waals surface area contributed by atoms with Gasteiger partial charge in [-0.1, -0.05) is 20.3 Å². The second-order valence-electron chi connectivity index (χ2n) is 3.22. The third-order valence-corrected chi connectivity index (χ3v) is 2.37. The van der Waals surface area contributed by atoms with Gasteiger partial charge in [0.25, 0.3) is 0 Å². The highest BCUT2D eigenvalue weighted by molar-refractivity contribution is 6.03. The summed E-state index contributed by atoms with van der Waals surface area (Å²) in [5.74, 6) is 0.393. The number of aliphatic imine (C=N–C) groups is 1. The first-order valence-electron chi connectivity index (χ1n) is 4.28. The third-order valence-electron chi connectivity index (χ3n) is 2.37. The van der Waals surface area contributed by atoms with Crippen molar-refractivity contribution in [3.8, 4) is 6.07 Å². The summed E-state index contributed by atoms with van der Waals surface area (Å²) in [6, 6.07) is 1.53. The molecule has 2 atom stereocenters. The molecule has 0 aromatic heterocycles. The van der Waals surface area contributed by atoms with Crippen molar-refractivity contribution in [3.05, 3.63) is 11.3 Å². The molecule has 1 aliphatic rings. The summed E-state index contributed by atoms with van der Waals surface area (Å²) in [5.41, 5.74) is 5.60. The van der Waals surface area contributed by atoms with E-state index < -0.39 is 0 Å². The molecule has 13 heavy (non-hydrogen) atoms. The lowest BCUT2D eigenvalue weighted by atomic mass is 9.98. The molecule has 1 rings (SSSR count). The van der Waals surface area contributed by atoms with Gasteiger partial charge in [-0.2, -0.15) is 5.26 Å². The Morgan fingerprint density at radius 1 is 1.77 bits per heavy atom. The Morgan fingerprint density at radius 3 is 2.77 bits per heavy atom. The standard InChI is InChI=1S/C9H13N3O/c1-3-5(2)7-8(13)6(4-10)9(11)12-7/h5,7,13H,3H2,1-2H3,(H2,11,12)/t5-,7+/m0/s1. The molecule has 1 aliphatic heterocycles. The van der Waals surface area contributed by atoms with E-state index in [9.17, 15) is 5.11 Å². The summed E-state index contributed by atoms with van der Waals surface area (Å²) in [5, 5.41) is 18.2. The lowest BCUT2D eigenvalue weighted by Gasteiger charge is -2.14. The maximum absolute atomic E-state index is 9.58. The predicted octanol–water partition coefficient (Wildman–Crippen LogP) is 1.11. The van der Waals surface area contributed by atoms with E-state index in [4.69, 9.17) is 11.0 Å². The Morgan fingerprint density at radius 2 is 2.38 bits per heavy atom. The zero-order chi connectivity index (χ0) is 10.0. The van der Waals surface area contributed by atoms with Crippen LogP contribution >= 0.6 is 0 Å². The molecule has 0 aromatic rings. The first kappa shape index (κ1) is 9.59. The lowest BCUT2D eigenvalue weighted by Crippen LogP contribution is -2.16.